The second-order valence-corrected chi connectivity index (χ2v) is 7.05. The molecule has 0 radical (unpaired) electrons. The summed E-state index contributed by atoms with van der Waals surface area (Å²) in [7, 11) is 0. The molecule has 9 nitrogen and oxygen atoms in total. The minimum atomic E-state index is -0.898. The van der Waals surface area contributed by atoms with Gasteiger partial charge in [0, 0.05) is 16.8 Å². The number of benzene rings is 2. The van der Waals surface area contributed by atoms with Crippen molar-refractivity contribution in [1.82, 2.24) is 13.7 Å². The number of carbonyl (C=O) groups excluding carboxylic acids is 2. The molecule has 1 heterocycles. The molecule has 0 unspecified atom stereocenters. The van der Waals surface area contributed by atoms with Gasteiger partial charge in [0.05, 0.1) is 19.6 Å². The van der Waals surface area contributed by atoms with Crippen LogP contribution >= 0.6 is 0 Å². The average Bonchev–Trinajstić information content (AvgIpc) is 2.83. The summed E-state index contributed by atoms with van der Waals surface area (Å²) in [4.78, 5) is 62.8. The lowest BCUT2D eigenvalue weighted by Gasteiger charge is -2.12. The van der Waals surface area contributed by atoms with Crippen LogP contribution in [0.5, 0.6) is 0 Å². The van der Waals surface area contributed by atoms with E-state index in [1.54, 1.807) is 42.5 Å². The van der Waals surface area contributed by atoms with Gasteiger partial charge in [0.1, 0.15) is 0 Å². The Labute approximate surface area is 188 Å². The number of ketones is 1. The van der Waals surface area contributed by atoms with E-state index in [0.717, 1.165) is 9.13 Å². The normalized spacial score (nSPS) is 10.4. The maximum absolute atomic E-state index is 12.8. The van der Waals surface area contributed by atoms with Crippen molar-refractivity contribution in [3.05, 3.63) is 122 Å². The highest BCUT2D eigenvalue weighted by Crippen LogP contribution is 2.12. The van der Waals surface area contributed by atoms with Crippen molar-refractivity contribution in [2.45, 2.75) is 19.6 Å². The van der Waals surface area contributed by atoms with E-state index in [1.807, 2.05) is 0 Å². The first-order chi connectivity index (χ1) is 15.9. The molecule has 0 saturated carbocycles. The van der Waals surface area contributed by atoms with Crippen LogP contribution in [0.2, 0.25) is 0 Å². The highest BCUT2D eigenvalue weighted by molar-refractivity contribution is 6.04. The van der Waals surface area contributed by atoms with Crippen molar-refractivity contribution >= 4 is 17.4 Å². The summed E-state index contributed by atoms with van der Waals surface area (Å²) in [5.41, 5.74) is -1.40. The smallest absolute Gasteiger partial charge is 0.322 e. The van der Waals surface area contributed by atoms with Crippen LogP contribution in [0.25, 0.3) is 0 Å². The van der Waals surface area contributed by atoms with Crippen molar-refractivity contribution in [1.29, 1.82) is 0 Å². The third-order valence-electron chi connectivity index (χ3n) is 4.81. The number of nitrogens with zero attached hydrogens (tertiary/aromatic N) is 3. The van der Waals surface area contributed by atoms with E-state index in [1.165, 1.54) is 24.3 Å². The van der Waals surface area contributed by atoms with Gasteiger partial charge in [-0.05, 0) is 36.4 Å². The molecule has 0 saturated heterocycles. The monoisotopic (exact) mass is 446 g/mol. The number of carbonyl (C=O) groups is 2. The number of allylic oxidation sites excluding steroid dienone is 2. The molecule has 3 rings (SSSR count). The van der Waals surface area contributed by atoms with Crippen molar-refractivity contribution in [2.75, 3.05) is 5.32 Å². The van der Waals surface area contributed by atoms with Crippen LogP contribution in [0.15, 0.2) is 94.3 Å². The number of anilines is 1. The molecule has 0 aliphatic rings. The summed E-state index contributed by atoms with van der Waals surface area (Å²) in [6.45, 7) is 6.24. The first-order valence-corrected chi connectivity index (χ1v) is 10.0. The number of amides is 1. The van der Waals surface area contributed by atoms with E-state index in [0.29, 0.717) is 15.8 Å². The Morgan fingerprint density at radius 1 is 0.727 bits per heavy atom. The minimum absolute atomic E-state index is 0.112. The number of hydrogen-bond acceptors (Lipinski definition) is 5. The number of aromatic nitrogens is 3. The van der Waals surface area contributed by atoms with E-state index in [9.17, 15) is 24.0 Å². The Balaban J connectivity index is 1.85. The van der Waals surface area contributed by atoms with Crippen LogP contribution in [0, 0.1) is 0 Å². The summed E-state index contributed by atoms with van der Waals surface area (Å²) in [6.07, 6.45) is 2.69. The summed E-state index contributed by atoms with van der Waals surface area (Å²) < 4.78 is 2.36. The molecular weight excluding hydrogens is 424 g/mol. The zero-order valence-electron chi connectivity index (χ0n) is 17.8. The first-order valence-electron chi connectivity index (χ1n) is 10.0. The Kier molecular flexibility index (Phi) is 7.14. The van der Waals surface area contributed by atoms with Crippen LogP contribution in [0.1, 0.15) is 20.7 Å². The molecule has 0 spiro atoms. The molecule has 1 N–H and O–H groups in total. The van der Waals surface area contributed by atoms with Gasteiger partial charge in [0.25, 0.3) is 5.91 Å². The van der Waals surface area contributed by atoms with Gasteiger partial charge in [-0.15, -0.1) is 13.2 Å². The largest absolute Gasteiger partial charge is 0.337 e. The fourth-order valence-corrected chi connectivity index (χ4v) is 3.16. The Morgan fingerprint density at radius 2 is 1.24 bits per heavy atom. The quantitative estimate of drug-likeness (QED) is 0.397. The maximum atomic E-state index is 12.8. The Hall–Kier alpha value is -4.53. The Morgan fingerprint density at radius 3 is 1.76 bits per heavy atom. The summed E-state index contributed by atoms with van der Waals surface area (Å²) in [6, 6.07) is 14.7. The molecule has 1 amide bonds. The standard InChI is InChI=1S/C24H22N4O5/c1-3-14-26-22(31)27(15-4-2)24(33)28(23(26)32)16-20(29)17-10-12-19(13-11-17)25-21(30)18-8-6-5-7-9-18/h3-13H,1-2,14-16H2,(H,25,30). The number of hydrogen-bond donors (Lipinski definition) is 1. The van der Waals surface area contributed by atoms with Gasteiger partial charge in [0.15, 0.2) is 5.78 Å². The predicted molar refractivity (Wildman–Crippen MR) is 125 cm³/mol. The SMILES string of the molecule is C=CCn1c(=O)n(CC=C)c(=O)n(CC(=O)c2ccc(NC(=O)c3ccccc3)cc2)c1=O. The fourth-order valence-electron chi connectivity index (χ4n) is 3.16. The van der Waals surface area contributed by atoms with Gasteiger partial charge in [0.2, 0.25) is 0 Å². The molecule has 2 aromatic carbocycles. The molecule has 0 aliphatic carbocycles. The summed E-state index contributed by atoms with van der Waals surface area (Å²) in [5, 5.41) is 2.73. The van der Waals surface area contributed by atoms with Crippen LogP contribution in [0.3, 0.4) is 0 Å². The average molecular weight is 446 g/mol. The highest BCUT2D eigenvalue weighted by Gasteiger charge is 2.17. The molecule has 0 aliphatic heterocycles. The van der Waals surface area contributed by atoms with E-state index in [2.05, 4.69) is 18.5 Å². The van der Waals surface area contributed by atoms with E-state index in [4.69, 9.17) is 0 Å². The van der Waals surface area contributed by atoms with Crippen LogP contribution < -0.4 is 22.4 Å². The predicted octanol–water partition coefficient (Wildman–Crippen LogP) is 1.68. The lowest BCUT2D eigenvalue weighted by Crippen LogP contribution is -2.55. The summed E-state index contributed by atoms with van der Waals surface area (Å²) in [5.74, 6) is -0.808. The molecule has 3 aromatic rings. The minimum Gasteiger partial charge on any atom is -0.322 e. The first kappa shape index (κ1) is 23.1. The molecule has 1 aromatic heterocycles. The van der Waals surface area contributed by atoms with Gasteiger partial charge in [-0.25, -0.2) is 28.1 Å². The van der Waals surface area contributed by atoms with Gasteiger partial charge in [-0.2, -0.15) is 0 Å². The van der Waals surface area contributed by atoms with Gasteiger partial charge in [-0.3, -0.25) is 9.59 Å². The zero-order valence-corrected chi connectivity index (χ0v) is 17.8. The molecule has 0 bridgehead atoms. The second-order valence-electron chi connectivity index (χ2n) is 7.05. The lowest BCUT2D eigenvalue weighted by atomic mass is 10.1. The third kappa shape index (κ3) is 5.04. The van der Waals surface area contributed by atoms with E-state index in [-0.39, 0.29) is 24.6 Å². The van der Waals surface area contributed by atoms with Crippen molar-refractivity contribution in [3.8, 4) is 0 Å². The molecule has 168 valence electrons. The Bertz CT molecular complexity index is 1330. The molecule has 0 fully saturated rings. The van der Waals surface area contributed by atoms with Gasteiger partial charge in [-0.1, -0.05) is 30.4 Å². The van der Waals surface area contributed by atoms with Crippen LogP contribution in [-0.4, -0.2) is 25.4 Å². The van der Waals surface area contributed by atoms with Crippen molar-refractivity contribution < 1.29 is 9.59 Å². The highest BCUT2D eigenvalue weighted by atomic mass is 16.2. The number of rotatable bonds is 9. The maximum Gasteiger partial charge on any atom is 0.337 e. The molecule has 9 heteroatoms. The van der Waals surface area contributed by atoms with E-state index < -0.39 is 29.4 Å². The lowest BCUT2D eigenvalue weighted by molar-refractivity contribution is 0.0966. The van der Waals surface area contributed by atoms with E-state index >= 15 is 0 Å². The number of Topliss-reactive ketones (excluding diaryl/α,β-unsaturated/α-hetero) is 1. The van der Waals surface area contributed by atoms with Gasteiger partial charge >= 0.3 is 17.1 Å². The molecule has 0 atom stereocenters. The second kappa shape index (κ2) is 10.2. The van der Waals surface area contributed by atoms with Crippen molar-refractivity contribution in [2.24, 2.45) is 0 Å². The number of nitrogens with one attached hydrogen (secondary N) is 1. The molecule has 33 heavy (non-hydrogen) atoms. The summed E-state index contributed by atoms with van der Waals surface area (Å²) >= 11 is 0. The topological polar surface area (TPSA) is 112 Å². The fraction of sp³-hybridized carbons (Fsp3) is 0.125. The zero-order chi connectivity index (χ0) is 24.0. The van der Waals surface area contributed by atoms with Crippen LogP contribution in [0.4, 0.5) is 5.69 Å². The van der Waals surface area contributed by atoms with Crippen molar-refractivity contribution in [3.63, 3.8) is 0 Å². The third-order valence-corrected chi connectivity index (χ3v) is 4.81. The van der Waals surface area contributed by atoms with Crippen LogP contribution in [-0.2, 0) is 19.6 Å². The van der Waals surface area contributed by atoms with Gasteiger partial charge < -0.3 is 5.32 Å². The molecular formula is C24H22N4O5.